The molecule has 18 heavy (non-hydrogen) atoms. The van der Waals surface area contributed by atoms with Gasteiger partial charge in [0.2, 0.25) is 5.91 Å². The summed E-state index contributed by atoms with van der Waals surface area (Å²) in [5, 5.41) is 2.60. The highest BCUT2D eigenvalue weighted by atomic mass is 16.5. The predicted molar refractivity (Wildman–Crippen MR) is 73.8 cm³/mol. The van der Waals surface area contributed by atoms with Gasteiger partial charge in [-0.2, -0.15) is 0 Å². The van der Waals surface area contributed by atoms with E-state index in [-0.39, 0.29) is 5.91 Å². The van der Waals surface area contributed by atoms with Crippen LogP contribution >= 0.6 is 0 Å². The Balaban J connectivity index is 2.31. The number of benzene rings is 1. The molecule has 1 aromatic carbocycles. The van der Waals surface area contributed by atoms with Crippen molar-refractivity contribution < 1.29 is 9.53 Å². The molecule has 0 heterocycles. The average Bonchev–Trinajstić information content (AvgIpc) is 2.41. The number of amides is 1. The fraction of sp³-hybridized carbons (Fsp3) is 0.533. The maximum Gasteiger partial charge on any atom is 0.219 e. The molecule has 0 bridgehead atoms. The van der Waals surface area contributed by atoms with E-state index in [1.165, 1.54) is 18.4 Å². The second kappa shape index (κ2) is 8.56. The van der Waals surface area contributed by atoms with Crippen molar-refractivity contribution in [2.45, 2.75) is 39.0 Å². The highest BCUT2D eigenvalue weighted by Gasteiger charge is 1.99. The Kier molecular flexibility index (Phi) is 6.92. The molecular weight excluding hydrogens is 226 g/mol. The molecule has 0 saturated heterocycles. The van der Waals surface area contributed by atoms with E-state index in [9.17, 15) is 4.79 Å². The summed E-state index contributed by atoms with van der Waals surface area (Å²) in [6.45, 7) is 2.78. The van der Waals surface area contributed by atoms with E-state index in [0.29, 0.717) is 13.0 Å². The minimum Gasteiger partial charge on any atom is -0.494 e. The second-order valence-electron chi connectivity index (χ2n) is 4.38. The number of carbonyl (C=O) groups is 1. The number of unbranched alkanes of at least 4 members (excludes halogenated alkanes) is 1. The average molecular weight is 249 g/mol. The minimum absolute atomic E-state index is 0.0651. The first-order chi connectivity index (χ1) is 8.76. The SMILES string of the molecule is CCCCc1cccc(OCCCC(=O)NC)c1. The zero-order valence-corrected chi connectivity index (χ0v) is 11.4. The van der Waals surface area contributed by atoms with Gasteiger partial charge in [-0.1, -0.05) is 25.5 Å². The summed E-state index contributed by atoms with van der Waals surface area (Å²) < 4.78 is 5.64. The predicted octanol–water partition coefficient (Wildman–Crippen LogP) is 2.93. The maximum absolute atomic E-state index is 11.0. The molecule has 0 aliphatic rings. The summed E-state index contributed by atoms with van der Waals surface area (Å²) in [6, 6.07) is 8.22. The van der Waals surface area contributed by atoms with Crippen molar-refractivity contribution in [1.82, 2.24) is 5.32 Å². The lowest BCUT2D eigenvalue weighted by atomic mass is 10.1. The van der Waals surface area contributed by atoms with E-state index in [2.05, 4.69) is 24.4 Å². The summed E-state index contributed by atoms with van der Waals surface area (Å²) in [6.07, 6.45) is 4.79. The van der Waals surface area contributed by atoms with Gasteiger partial charge in [0.05, 0.1) is 6.61 Å². The van der Waals surface area contributed by atoms with E-state index in [0.717, 1.165) is 18.6 Å². The van der Waals surface area contributed by atoms with Crippen LogP contribution in [0.1, 0.15) is 38.2 Å². The van der Waals surface area contributed by atoms with Crippen LogP contribution in [-0.4, -0.2) is 19.6 Å². The van der Waals surface area contributed by atoms with Gasteiger partial charge >= 0.3 is 0 Å². The highest BCUT2D eigenvalue weighted by molar-refractivity contribution is 5.75. The Morgan fingerprint density at radius 2 is 2.17 bits per heavy atom. The van der Waals surface area contributed by atoms with Gasteiger partial charge in [-0.25, -0.2) is 0 Å². The first kappa shape index (κ1) is 14.6. The lowest BCUT2D eigenvalue weighted by molar-refractivity contribution is -0.120. The molecule has 0 aromatic heterocycles. The molecule has 0 aliphatic heterocycles. The van der Waals surface area contributed by atoms with Gasteiger partial charge in [-0.3, -0.25) is 4.79 Å². The number of aryl methyl sites for hydroxylation is 1. The van der Waals surface area contributed by atoms with E-state index in [4.69, 9.17) is 4.74 Å². The van der Waals surface area contributed by atoms with Crippen LogP contribution in [0.25, 0.3) is 0 Å². The molecule has 0 radical (unpaired) electrons. The topological polar surface area (TPSA) is 38.3 Å². The smallest absolute Gasteiger partial charge is 0.219 e. The fourth-order valence-corrected chi connectivity index (χ4v) is 1.72. The van der Waals surface area contributed by atoms with Crippen LogP contribution in [0.3, 0.4) is 0 Å². The van der Waals surface area contributed by atoms with Gasteiger partial charge in [0.15, 0.2) is 0 Å². The number of rotatable bonds is 8. The zero-order valence-electron chi connectivity index (χ0n) is 11.4. The lowest BCUT2D eigenvalue weighted by Crippen LogP contribution is -2.18. The molecule has 0 spiro atoms. The summed E-state index contributed by atoms with van der Waals surface area (Å²) in [7, 11) is 1.65. The summed E-state index contributed by atoms with van der Waals surface area (Å²) in [5.74, 6) is 0.968. The molecule has 0 saturated carbocycles. The Labute approximate surface area is 110 Å². The largest absolute Gasteiger partial charge is 0.494 e. The molecule has 1 amide bonds. The number of nitrogens with one attached hydrogen (secondary N) is 1. The van der Waals surface area contributed by atoms with Crippen molar-refractivity contribution in [2.24, 2.45) is 0 Å². The normalized spacial score (nSPS) is 10.1. The van der Waals surface area contributed by atoms with Crippen LogP contribution in [-0.2, 0) is 11.2 Å². The Bertz CT molecular complexity index is 363. The van der Waals surface area contributed by atoms with Crippen LogP contribution < -0.4 is 10.1 Å². The Hall–Kier alpha value is -1.51. The van der Waals surface area contributed by atoms with E-state index in [1.54, 1.807) is 7.05 Å². The number of ether oxygens (including phenoxy) is 1. The van der Waals surface area contributed by atoms with Gasteiger partial charge in [0.1, 0.15) is 5.75 Å². The Morgan fingerprint density at radius 1 is 1.33 bits per heavy atom. The zero-order chi connectivity index (χ0) is 13.2. The second-order valence-corrected chi connectivity index (χ2v) is 4.38. The molecule has 3 nitrogen and oxygen atoms in total. The molecule has 1 rings (SSSR count). The van der Waals surface area contributed by atoms with Crippen molar-refractivity contribution >= 4 is 5.91 Å². The van der Waals surface area contributed by atoms with Gasteiger partial charge in [-0.15, -0.1) is 0 Å². The molecule has 3 heteroatoms. The van der Waals surface area contributed by atoms with Crippen molar-refractivity contribution in [1.29, 1.82) is 0 Å². The van der Waals surface area contributed by atoms with Gasteiger partial charge in [0, 0.05) is 13.5 Å². The summed E-state index contributed by atoms with van der Waals surface area (Å²) in [5.41, 5.74) is 1.32. The van der Waals surface area contributed by atoms with Crippen molar-refractivity contribution in [3.05, 3.63) is 29.8 Å². The van der Waals surface area contributed by atoms with E-state index in [1.807, 2.05) is 12.1 Å². The number of hydrogen-bond donors (Lipinski definition) is 1. The monoisotopic (exact) mass is 249 g/mol. The first-order valence-electron chi connectivity index (χ1n) is 6.68. The Morgan fingerprint density at radius 3 is 2.89 bits per heavy atom. The third-order valence-corrected chi connectivity index (χ3v) is 2.81. The molecule has 1 aromatic rings. The molecule has 1 N–H and O–H groups in total. The van der Waals surface area contributed by atoms with Crippen LogP contribution in [0.15, 0.2) is 24.3 Å². The van der Waals surface area contributed by atoms with E-state index < -0.39 is 0 Å². The van der Waals surface area contributed by atoms with Crippen LogP contribution in [0.5, 0.6) is 5.75 Å². The third kappa shape index (κ3) is 5.71. The maximum atomic E-state index is 11.0. The summed E-state index contributed by atoms with van der Waals surface area (Å²) >= 11 is 0. The first-order valence-corrected chi connectivity index (χ1v) is 6.68. The minimum atomic E-state index is 0.0651. The highest BCUT2D eigenvalue weighted by Crippen LogP contribution is 2.15. The molecule has 0 aliphatic carbocycles. The molecule has 0 fully saturated rings. The van der Waals surface area contributed by atoms with Crippen LogP contribution in [0.2, 0.25) is 0 Å². The fourth-order valence-electron chi connectivity index (χ4n) is 1.72. The van der Waals surface area contributed by atoms with Crippen molar-refractivity contribution in [3.63, 3.8) is 0 Å². The quantitative estimate of drug-likeness (QED) is 0.719. The lowest BCUT2D eigenvalue weighted by Gasteiger charge is -2.07. The van der Waals surface area contributed by atoms with Crippen molar-refractivity contribution in [2.75, 3.05) is 13.7 Å². The van der Waals surface area contributed by atoms with Gasteiger partial charge < -0.3 is 10.1 Å². The molecular formula is C15H23NO2. The molecule has 0 unspecified atom stereocenters. The standard InChI is InChI=1S/C15H23NO2/c1-3-4-7-13-8-5-9-14(12-13)18-11-6-10-15(17)16-2/h5,8-9,12H,3-4,6-7,10-11H2,1-2H3,(H,16,17). The number of carbonyl (C=O) groups excluding carboxylic acids is 1. The van der Waals surface area contributed by atoms with E-state index >= 15 is 0 Å². The third-order valence-electron chi connectivity index (χ3n) is 2.81. The summed E-state index contributed by atoms with van der Waals surface area (Å²) in [4.78, 5) is 11.0. The van der Waals surface area contributed by atoms with Gasteiger partial charge in [-0.05, 0) is 37.0 Å². The van der Waals surface area contributed by atoms with Crippen LogP contribution in [0, 0.1) is 0 Å². The van der Waals surface area contributed by atoms with Crippen molar-refractivity contribution in [3.8, 4) is 5.75 Å². The van der Waals surface area contributed by atoms with Crippen LogP contribution in [0.4, 0.5) is 0 Å². The molecule has 0 atom stereocenters. The number of hydrogen-bond acceptors (Lipinski definition) is 2. The van der Waals surface area contributed by atoms with Gasteiger partial charge in [0.25, 0.3) is 0 Å². The molecule has 100 valence electrons.